The van der Waals surface area contributed by atoms with Gasteiger partial charge in [0, 0.05) is 6.20 Å². The molecule has 0 saturated heterocycles. The number of nitrogens with two attached hydrogens (primary N) is 1. The van der Waals surface area contributed by atoms with Gasteiger partial charge in [0.05, 0.1) is 10.7 Å². The lowest BCUT2D eigenvalue weighted by Gasteiger charge is -2.03. The Balaban J connectivity index is 3.51. The third-order valence-electron chi connectivity index (χ3n) is 1.77. The number of nitro groups is 1. The van der Waals surface area contributed by atoms with Crippen LogP contribution in [0.4, 0.5) is 11.5 Å². The van der Waals surface area contributed by atoms with Gasteiger partial charge in [-0.1, -0.05) is 6.08 Å². The summed E-state index contributed by atoms with van der Waals surface area (Å²) in [6.07, 6.45) is 2.26. The second-order valence-corrected chi connectivity index (χ2v) is 4.87. The van der Waals surface area contributed by atoms with Crippen molar-refractivity contribution in [2.75, 3.05) is 11.5 Å². The Morgan fingerprint density at radius 3 is 2.75 bits per heavy atom. The molecule has 0 bridgehead atoms. The van der Waals surface area contributed by atoms with Crippen molar-refractivity contribution >= 4 is 21.3 Å². The molecule has 0 radical (unpaired) electrons. The molecule has 0 aromatic carbocycles. The summed E-state index contributed by atoms with van der Waals surface area (Å²) in [5, 5.41) is 10.7. The number of hydrogen-bond acceptors (Lipinski definition) is 6. The van der Waals surface area contributed by atoms with E-state index in [-0.39, 0.29) is 0 Å². The van der Waals surface area contributed by atoms with Gasteiger partial charge in [-0.15, -0.1) is 6.58 Å². The molecule has 0 amide bonds. The van der Waals surface area contributed by atoms with Gasteiger partial charge in [-0.05, 0) is 6.07 Å². The normalized spacial score (nSPS) is 11.0. The molecule has 7 nitrogen and oxygen atoms in total. The number of pyridine rings is 1. The standard InChI is InChI=1S/C8H9N3O4S/c1-2-5-16(14,15)6-3-4-10-8(9)7(6)11(12)13/h2-4H,1,5H2,(H2,9,10). The third-order valence-corrected chi connectivity index (χ3v) is 3.44. The lowest BCUT2D eigenvalue weighted by atomic mass is 10.4. The van der Waals surface area contributed by atoms with Crippen molar-refractivity contribution in [2.24, 2.45) is 0 Å². The van der Waals surface area contributed by atoms with E-state index in [2.05, 4.69) is 11.6 Å². The number of hydrogen-bond donors (Lipinski definition) is 1. The predicted molar refractivity (Wildman–Crippen MR) is 57.6 cm³/mol. The van der Waals surface area contributed by atoms with Gasteiger partial charge in [0.1, 0.15) is 0 Å². The van der Waals surface area contributed by atoms with Crippen molar-refractivity contribution in [3.63, 3.8) is 0 Å². The summed E-state index contributed by atoms with van der Waals surface area (Å²) in [6.45, 7) is 3.27. The fourth-order valence-corrected chi connectivity index (χ4v) is 2.36. The average molecular weight is 243 g/mol. The highest BCUT2D eigenvalue weighted by Crippen LogP contribution is 2.28. The van der Waals surface area contributed by atoms with Gasteiger partial charge < -0.3 is 5.73 Å². The van der Waals surface area contributed by atoms with E-state index in [1.54, 1.807) is 0 Å². The fraction of sp³-hybridized carbons (Fsp3) is 0.125. The van der Waals surface area contributed by atoms with Gasteiger partial charge in [0.2, 0.25) is 5.82 Å². The largest absolute Gasteiger partial charge is 0.378 e. The number of anilines is 1. The maximum atomic E-state index is 11.7. The number of nitrogens with zero attached hydrogens (tertiary/aromatic N) is 2. The van der Waals surface area contributed by atoms with Crippen LogP contribution in [-0.2, 0) is 9.84 Å². The Hall–Kier alpha value is -1.96. The monoisotopic (exact) mass is 243 g/mol. The first-order valence-electron chi connectivity index (χ1n) is 4.12. The van der Waals surface area contributed by atoms with Crippen LogP contribution in [0.5, 0.6) is 0 Å². The molecule has 86 valence electrons. The molecule has 8 heteroatoms. The van der Waals surface area contributed by atoms with Crippen LogP contribution in [0.15, 0.2) is 29.8 Å². The SMILES string of the molecule is C=CCS(=O)(=O)c1ccnc(N)c1[N+](=O)[O-]. The molecule has 0 aliphatic carbocycles. The minimum atomic E-state index is -3.79. The minimum Gasteiger partial charge on any atom is -0.378 e. The van der Waals surface area contributed by atoms with Crippen LogP contribution in [0.1, 0.15) is 0 Å². The zero-order valence-electron chi connectivity index (χ0n) is 8.16. The summed E-state index contributed by atoms with van der Waals surface area (Å²) in [4.78, 5) is 12.9. The Morgan fingerprint density at radius 1 is 1.62 bits per heavy atom. The summed E-state index contributed by atoms with van der Waals surface area (Å²) in [6, 6.07) is 1.05. The van der Waals surface area contributed by atoms with Crippen LogP contribution >= 0.6 is 0 Å². The van der Waals surface area contributed by atoms with Crippen molar-refractivity contribution in [3.05, 3.63) is 35.0 Å². The molecule has 0 saturated carbocycles. The Labute approximate surface area is 91.7 Å². The molecule has 1 rings (SSSR count). The second kappa shape index (κ2) is 4.27. The number of sulfone groups is 1. The topological polar surface area (TPSA) is 116 Å². The lowest BCUT2D eigenvalue weighted by molar-refractivity contribution is -0.387. The summed E-state index contributed by atoms with van der Waals surface area (Å²) in [5.74, 6) is -0.813. The molecule has 0 aliphatic rings. The predicted octanol–water partition coefficient (Wildman–Crippen LogP) is 0.532. The van der Waals surface area contributed by atoms with Crippen LogP contribution in [0.2, 0.25) is 0 Å². The number of nitrogen functional groups attached to an aromatic ring is 1. The van der Waals surface area contributed by atoms with Gasteiger partial charge in [-0.25, -0.2) is 13.4 Å². The van der Waals surface area contributed by atoms with E-state index in [0.29, 0.717) is 0 Å². The first kappa shape index (κ1) is 12.1. The van der Waals surface area contributed by atoms with Crippen molar-refractivity contribution in [1.82, 2.24) is 4.98 Å². The van der Waals surface area contributed by atoms with Crippen LogP contribution in [0.3, 0.4) is 0 Å². The molecule has 1 heterocycles. The molecule has 0 unspecified atom stereocenters. The fourth-order valence-electron chi connectivity index (χ4n) is 1.13. The van der Waals surface area contributed by atoms with E-state index in [1.165, 1.54) is 0 Å². The molecular formula is C8H9N3O4S. The van der Waals surface area contributed by atoms with Gasteiger partial charge in [-0.2, -0.15) is 0 Å². The minimum absolute atomic E-state index is 0.392. The highest BCUT2D eigenvalue weighted by Gasteiger charge is 2.27. The lowest BCUT2D eigenvalue weighted by Crippen LogP contribution is -2.10. The molecule has 1 aromatic heterocycles. The Bertz CT molecular complexity index is 538. The summed E-state index contributed by atoms with van der Waals surface area (Å²) in [5.41, 5.74) is 4.58. The van der Waals surface area contributed by atoms with E-state index in [4.69, 9.17) is 5.73 Å². The summed E-state index contributed by atoms with van der Waals surface area (Å²) < 4.78 is 23.3. The van der Waals surface area contributed by atoms with Crippen molar-refractivity contribution < 1.29 is 13.3 Å². The molecule has 0 spiro atoms. The first-order chi connectivity index (χ1) is 7.40. The number of rotatable bonds is 4. The van der Waals surface area contributed by atoms with E-state index >= 15 is 0 Å². The number of aromatic nitrogens is 1. The smallest absolute Gasteiger partial charge is 0.329 e. The molecule has 0 aliphatic heterocycles. The molecular weight excluding hydrogens is 234 g/mol. The average Bonchev–Trinajstić information content (AvgIpc) is 2.16. The van der Waals surface area contributed by atoms with E-state index in [9.17, 15) is 18.5 Å². The maximum absolute atomic E-state index is 11.7. The van der Waals surface area contributed by atoms with E-state index in [0.717, 1.165) is 18.3 Å². The van der Waals surface area contributed by atoms with Gasteiger partial charge >= 0.3 is 5.69 Å². The van der Waals surface area contributed by atoms with Crippen molar-refractivity contribution in [1.29, 1.82) is 0 Å². The van der Waals surface area contributed by atoms with Crippen molar-refractivity contribution in [2.45, 2.75) is 4.90 Å². The van der Waals surface area contributed by atoms with Gasteiger partial charge in [0.15, 0.2) is 14.7 Å². The quantitative estimate of drug-likeness (QED) is 0.468. The van der Waals surface area contributed by atoms with Crippen LogP contribution in [0.25, 0.3) is 0 Å². The van der Waals surface area contributed by atoms with Crippen molar-refractivity contribution in [3.8, 4) is 0 Å². The molecule has 16 heavy (non-hydrogen) atoms. The van der Waals surface area contributed by atoms with E-state index in [1.807, 2.05) is 0 Å². The van der Waals surface area contributed by atoms with Crippen LogP contribution in [-0.4, -0.2) is 24.1 Å². The zero-order chi connectivity index (χ0) is 12.3. The summed E-state index contributed by atoms with van der Waals surface area (Å²) in [7, 11) is -3.79. The summed E-state index contributed by atoms with van der Waals surface area (Å²) >= 11 is 0. The third kappa shape index (κ3) is 2.16. The van der Waals surface area contributed by atoms with Crippen LogP contribution in [0, 0.1) is 10.1 Å². The highest BCUT2D eigenvalue weighted by atomic mass is 32.2. The maximum Gasteiger partial charge on any atom is 0.329 e. The van der Waals surface area contributed by atoms with Crippen LogP contribution < -0.4 is 5.73 Å². The first-order valence-corrected chi connectivity index (χ1v) is 5.78. The second-order valence-electron chi connectivity index (χ2n) is 2.87. The Kier molecular flexibility index (Phi) is 3.23. The molecule has 2 N–H and O–H groups in total. The molecule has 0 atom stereocenters. The van der Waals surface area contributed by atoms with E-state index < -0.39 is 36.9 Å². The zero-order valence-corrected chi connectivity index (χ0v) is 8.98. The Morgan fingerprint density at radius 2 is 2.25 bits per heavy atom. The van der Waals surface area contributed by atoms with Gasteiger partial charge in [0.25, 0.3) is 0 Å². The highest BCUT2D eigenvalue weighted by molar-refractivity contribution is 7.91. The molecule has 1 aromatic rings. The molecule has 0 fully saturated rings. The van der Waals surface area contributed by atoms with Gasteiger partial charge in [-0.3, -0.25) is 10.1 Å².